The van der Waals surface area contributed by atoms with Gasteiger partial charge >= 0.3 is 0 Å². The number of para-hydroxylation sites is 2. The van der Waals surface area contributed by atoms with Gasteiger partial charge in [0.15, 0.2) is 23.0 Å². The summed E-state index contributed by atoms with van der Waals surface area (Å²) >= 11 is 0. The summed E-state index contributed by atoms with van der Waals surface area (Å²) in [6.07, 6.45) is 0. The SMILES string of the molecule is c1ccc(-c2ccc(N(c3ccccc3-c3ccccc3)c3cccc4c3Oc3c(ccc5c3-c3ccccc3C53c5ccccc5-c5ccccc53)O4)c(-c3ccccc3)c2)cc1. The van der Waals surface area contributed by atoms with Crippen molar-refractivity contribution >= 4 is 17.1 Å². The van der Waals surface area contributed by atoms with Gasteiger partial charge in [-0.15, -0.1) is 0 Å². The van der Waals surface area contributed by atoms with Gasteiger partial charge in [-0.05, 0) is 97.6 Å². The van der Waals surface area contributed by atoms with Gasteiger partial charge in [-0.1, -0.05) is 200 Å². The second kappa shape index (κ2) is 14.3. The second-order valence-corrected chi connectivity index (χ2v) is 16.7. The van der Waals surface area contributed by atoms with E-state index in [2.05, 4.69) is 235 Å². The Morgan fingerprint density at radius 1 is 0.281 bits per heavy atom. The van der Waals surface area contributed by atoms with Gasteiger partial charge in [-0.25, -0.2) is 0 Å². The zero-order valence-electron chi connectivity index (χ0n) is 34.8. The van der Waals surface area contributed by atoms with Crippen LogP contribution in [0.15, 0.2) is 237 Å². The van der Waals surface area contributed by atoms with Gasteiger partial charge in [0.25, 0.3) is 0 Å². The van der Waals surface area contributed by atoms with E-state index < -0.39 is 5.41 Å². The zero-order valence-corrected chi connectivity index (χ0v) is 34.8. The quantitative estimate of drug-likeness (QED) is 0.167. The van der Waals surface area contributed by atoms with Crippen LogP contribution in [0.5, 0.6) is 23.0 Å². The Balaban J connectivity index is 1.06. The molecular formula is C61H39NO2. The largest absolute Gasteiger partial charge is 0.449 e. The van der Waals surface area contributed by atoms with Gasteiger partial charge in [0.05, 0.1) is 22.5 Å². The third-order valence-electron chi connectivity index (χ3n) is 13.4. The molecular weight excluding hydrogens is 779 g/mol. The summed E-state index contributed by atoms with van der Waals surface area (Å²) in [7, 11) is 0. The predicted octanol–water partition coefficient (Wildman–Crippen LogP) is 16.4. The predicted molar refractivity (Wildman–Crippen MR) is 260 cm³/mol. The first-order valence-corrected chi connectivity index (χ1v) is 21.9. The van der Waals surface area contributed by atoms with Crippen LogP contribution in [0.25, 0.3) is 55.6 Å². The van der Waals surface area contributed by atoms with Crippen LogP contribution in [0, 0.1) is 0 Å². The molecule has 1 heterocycles. The molecule has 300 valence electrons. The average Bonchev–Trinajstić information content (AvgIpc) is 3.85. The third kappa shape index (κ3) is 5.28. The fourth-order valence-corrected chi connectivity index (χ4v) is 10.7. The summed E-state index contributed by atoms with van der Waals surface area (Å²) < 4.78 is 14.6. The Bertz CT molecular complexity index is 3400. The molecule has 0 N–H and O–H groups in total. The van der Waals surface area contributed by atoms with Crippen LogP contribution in [-0.2, 0) is 5.41 Å². The molecule has 10 aromatic rings. The molecule has 2 aliphatic carbocycles. The summed E-state index contributed by atoms with van der Waals surface area (Å²) in [5, 5.41) is 0. The van der Waals surface area contributed by atoms with Crippen molar-refractivity contribution in [2.24, 2.45) is 0 Å². The van der Waals surface area contributed by atoms with Crippen LogP contribution in [-0.4, -0.2) is 0 Å². The van der Waals surface area contributed by atoms with Crippen LogP contribution >= 0.6 is 0 Å². The first kappa shape index (κ1) is 36.3. The first-order chi connectivity index (χ1) is 31.8. The number of rotatable bonds is 6. The normalized spacial score (nSPS) is 13.1. The van der Waals surface area contributed by atoms with Crippen molar-refractivity contribution in [1.29, 1.82) is 0 Å². The Hall–Kier alpha value is -8.40. The number of hydrogen-bond donors (Lipinski definition) is 0. The standard InChI is InChI=1S/C61H39NO2/c1-4-19-40(20-5-1)43-35-37-54(48(39-43)42-23-8-3-9-24-42)62(53-32-17-13-25-44(53)41-21-6-2-7-22-41)55-33-18-34-56-59(55)64-60-57(63-56)38-36-52-58(60)47-28-12-16-31-51(47)61(52)49-29-14-10-26-45(49)46-27-11-15-30-50(46)61/h1-39H. The molecule has 0 amide bonds. The van der Waals surface area contributed by atoms with Crippen molar-refractivity contribution in [1.82, 2.24) is 0 Å². The maximum absolute atomic E-state index is 7.53. The van der Waals surface area contributed by atoms with E-state index in [9.17, 15) is 0 Å². The molecule has 1 spiro atoms. The highest BCUT2D eigenvalue weighted by Crippen LogP contribution is 2.67. The summed E-state index contributed by atoms with van der Waals surface area (Å²) in [4.78, 5) is 2.37. The van der Waals surface area contributed by atoms with E-state index in [1.807, 2.05) is 6.07 Å². The maximum atomic E-state index is 7.53. The highest BCUT2D eigenvalue weighted by molar-refractivity contribution is 6.00. The minimum Gasteiger partial charge on any atom is -0.449 e. The maximum Gasteiger partial charge on any atom is 0.194 e. The molecule has 0 radical (unpaired) electrons. The molecule has 3 nitrogen and oxygen atoms in total. The van der Waals surface area contributed by atoms with Crippen molar-refractivity contribution < 1.29 is 9.47 Å². The van der Waals surface area contributed by atoms with E-state index in [-0.39, 0.29) is 0 Å². The highest BCUT2D eigenvalue weighted by Gasteiger charge is 2.53. The van der Waals surface area contributed by atoms with Gasteiger partial charge in [0, 0.05) is 16.7 Å². The lowest BCUT2D eigenvalue weighted by Crippen LogP contribution is -2.25. The van der Waals surface area contributed by atoms with Gasteiger partial charge in [0.1, 0.15) is 0 Å². The Morgan fingerprint density at radius 3 is 1.45 bits per heavy atom. The van der Waals surface area contributed by atoms with Crippen LogP contribution in [0.3, 0.4) is 0 Å². The topological polar surface area (TPSA) is 21.7 Å². The van der Waals surface area contributed by atoms with Crippen LogP contribution in [0.1, 0.15) is 22.3 Å². The first-order valence-electron chi connectivity index (χ1n) is 21.9. The fraction of sp³-hybridized carbons (Fsp3) is 0.0164. The molecule has 0 saturated carbocycles. The number of hydrogen-bond acceptors (Lipinski definition) is 3. The summed E-state index contributed by atoms with van der Waals surface area (Å²) in [6, 6.07) is 84.7. The lowest BCUT2D eigenvalue weighted by Gasteiger charge is -2.34. The van der Waals surface area contributed by atoms with E-state index >= 15 is 0 Å². The molecule has 1 aliphatic heterocycles. The van der Waals surface area contributed by atoms with Gasteiger partial charge in [-0.3, -0.25) is 0 Å². The molecule has 3 heteroatoms. The molecule has 0 unspecified atom stereocenters. The lowest BCUT2D eigenvalue weighted by molar-refractivity contribution is 0.361. The minimum atomic E-state index is -0.511. The molecule has 0 atom stereocenters. The number of fused-ring (bicyclic) bond motifs is 13. The van der Waals surface area contributed by atoms with Gasteiger partial charge < -0.3 is 14.4 Å². The van der Waals surface area contributed by atoms with E-state index in [1.54, 1.807) is 0 Å². The highest BCUT2D eigenvalue weighted by atomic mass is 16.6. The van der Waals surface area contributed by atoms with E-state index in [4.69, 9.17) is 9.47 Å². The second-order valence-electron chi connectivity index (χ2n) is 16.7. The van der Waals surface area contributed by atoms with Crippen molar-refractivity contribution in [3.63, 3.8) is 0 Å². The van der Waals surface area contributed by atoms with E-state index in [0.717, 1.165) is 67.3 Å². The van der Waals surface area contributed by atoms with Crippen molar-refractivity contribution in [3.05, 3.63) is 259 Å². The fourth-order valence-electron chi connectivity index (χ4n) is 10.7. The van der Waals surface area contributed by atoms with E-state index in [0.29, 0.717) is 17.2 Å². The lowest BCUT2D eigenvalue weighted by atomic mass is 9.70. The summed E-state index contributed by atoms with van der Waals surface area (Å²) in [6.45, 7) is 0. The number of ether oxygens (including phenoxy) is 2. The third-order valence-corrected chi connectivity index (χ3v) is 13.4. The number of anilines is 3. The summed E-state index contributed by atoms with van der Waals surface area (Å²) in [5.41, 5.74) is 18.9. The molecule has 0 bridgehead atoms. The monoisotopic (exact) mass is 817 g/mol. The molecule has 10 aromatic carbocycles. The molecule has 0 aromatic heterocycles. The van der Waals surface area contributed by atoms with Crippen LogP contribution in [0.2, 0.25) is 0 Å². The Labute approximate surface area is 372 Å². The van der Waals surface area contributed by atoms with Crippen molar-refractivity contribution in [3.8, 4) is 78.6 Å². The van der Waals surface area contributed by atoms with Crippen molar-refractivity contribution in [2.75, 3.05) is 4.90 Å². The number of benzene rings is 10. The molecule has 3 aliphatic rings. The number of nitrogens with zero attached hydrogens (tertiary/aromatic N) is 1. The minimum absolute atomic E-state index is 0.511. The van der Waals surface area contributed by atoms with E-state index in [1.165, 1.54) is 33.4 Å². The average molecular weight is 818 g/mol. The smallest absolute Gasteiger partial charge is 0.194 e. The summed E-state index contributed by atoms with van der Waals surface area (Å²) in [5.74, 6) is 2.74. The Morgan fingerprint density at radius 2 is 0.781 bits per heavy atom. The Kier molecular flexibility index (Phi) is 8.13. The van der Waals surface area contributed by atoms with Crippen molar-refractivity contribution in [2.45, 2.75) is 5.41 Å². The van der Waals surface area contributed by atoms with Crippen LogP contribution in [0.4, 0.5) is 17.1 Å². The van der Waals surface area contributed by atoms with Gasteiger partial charge in [0.2, 0.25) is 0 Å². The van der Waals surface area contributed by atoms with Crippen LogP contribution < -0.4 is 14.4 Å². The molecule has 64 heavy (non-hydrogen) atoms. The zero-order chi connectivity index (χ0) is 42.2. The van der Waals surface area contributed by atoms with Gasteiger partial charge in [-0.2, -0.15) is 0 Å². The molecule has 0 fully saturated rings. The molecule has 0 saturated heterocycles. The molecule has 13 rings (SSSR count).